The van der Waals surface area contributed by atoms with E-state index in [0.29, 0.717) is 0 Å². The van der Waals surface area contributed by atoms with Gasteiger partial charge in [-0.3, -0.25) is 9.59 Å². The number of nitrogens with one attached hydrogen (secondary N) is 2. The number of carbonyl (C=O) groups excluding carboxylic acids is 2. The van der Waals surface area contributed by atoms with Crippen molar-refractivity contribution in [2.45, 2.75) is 20.3 Å². The van der Waals surface area contributed by atoms with Gasteiger partial charge >= 0.3 is 0 Å². The second-order valence-electron chi connectivity index (χ2n) is 6.33. The van der Waals surface area contributed by atoms with Crippen molar-refractivity contribution < 1.29 is 9.59 Å². The van der Waals surface area contributed by atoms with Crippen molar-refractivity contribution in [2.75, 3.05) is 5.32 Å². The molecule has 0 atom stereocenters. The summed E-state index contributed by atoms with van der Waals surface area (Å²) in [4.78, 5) is 26.4. The maximum Gasteiger partial charge on any atom is 0.247 e. The molecular formula is C21H21N3O2. The fourth-order valence-corrected chi connectivity index (χ4v) is 3.23. The molecule has 0 spiro atoms. The first kappa shape index (κ1) is 17.5. The average molecular weight is 347 g/mol. The van der Waals surface area contributed by atoms with Crippen LogP contribution in [0.1, 0.15) is 16.8 Å². The Kier molecular flexibility index (Phi) is 4.63. The molecule has 0 aliphatic carbocycles. The van der Waals surface area contributed by atoms with Gasteiger partial charge in [0.15, 0.2) is 0 Å². The van der Waals surface area contributed by atoms with Crippen molar-refractivity contribution in [3.8, 4) is 11.1 Å². The van der Waals surface area contributed by atoms with E-state index < -0.39 is 0 Å². The van der Waals surface area contributed by atoms with E-state index in [0.717, 1.165) is 44.5 Å². The minimum atomic E-state index is -0.364. The van der Waals surface area contributed by atoms with E-state index in [1.165, 1.54) is 6.08 Å². The third-order valence-corrected chi connectivity index (χ3v) is 4.45. The van der Waals surface area contributed by atoms with Crippen molar-refractivity contribution in [2.24, 2.45) is 5.73 Å². The van der Waals surface area contributed by atoms with Crippen LogP contribution in [0.15, 0.2) is 49.1 Å². The SMILES string of the molecule is C=CC(=O)Nc1cccc(-c2ccc(CC(N)=O)c3[nH]c(C)cc23)c1C. The second kappa shape index (κ2) is 6.88. The van der Waals surface area contributed by atoms with Crippen LogP contribution < -0.4 is 11.1 Å². The molecule has 0 fully saturated rings. The number of hydrogen-bond acceptors (Lipinski definition) is 2. The quantitative estimate of drug-likeness (QED) is 0.616. The molecule has 26 heavy (non-hydrogen) atoms. The standard InChI is InChI=1S/C21H21N3O2/c1-4-20(26)24-18-7-5-6-15(13(18)3)16-9-8-14(11-19(22)25)21-17(16)10-12(2)23-21/h4-10,23H,1,11H2,2-3H3,(H2,22,25)(H,24,26). The Bertz CT molecular complexity index is 1030. The van der Waals surface area contributed by atoms with Crippen molar-refractivity contribution in [3.63, 3.8) is 0 Å². The number of aryl methyl sites for hydroxylation is 1. The normalized spacial score (nSPS) is 10.7. The third-order valence-electron chi connectivity index (χ3n) is 4.45. The lowest BCUT2D eigenvalue weighted by molar-refractivity contribution is -0.117. The Hall–Kier alpha value is -3.34. The zero-order chi connectivity index (χ0) is 18.8. The number of rotatable bonds is 5. The van der Waals surface area contributed by atoms with E-state index in [1.807, 2.05) is 44.2 Å². The fourth-order valence-electron chi connectivity index (χ4n) is 3.23. The van der Waals surface area contributed by atoms with E-state index in [4.69, 9.17) is 5.73 Å². The molecule has 0 radical (unpaired) electrons. The fraction of sp³-hybridized carbons (Fsp3) is 0.143. The third kappa shape index (κ3) is 3.24. The number of primary amides is 1. The number of fused-ring (bicyclic) bond motifs is 1. The first-order valence-corrected chi connectivity index (χ1v) is 8.33. The van der Waals surface area contributed by atoms with Crippen LogP contribution in [0.3, 0.4) is 0 Å². The zero-order valence-corrected chi connectivity index (χ0v) is 14.8. The van der Waals surface area contributed by atoms with Crippen molar-refractivity contribution in [1.29, 1.82) is 0 Å². The van der Waals surface area contributed by atoms with Gasteiger partial charge in [-0.1, -0.05) is 30.8 Å². The van der Waals surface area contributed by atoms with Crippen molar-refractivity contribution in [3.05, 3.63) is 65.9 Å². The molecule has 0 bridgehead atoms. The summed E-state index contributed by atoms with van der Waals surface area (Å²) in [6.45, 7) is 7.44. The summed E-state index contributed by atoms with van der Waals surface area (Å²) < 4.78 is 0. The number of nitrogens with two attached hydrogens (primary N) is 1. The number of aromatic nitrogens is 1. The van der Waals surface area contributed by atoms with Gasteiger partial charge < -0.3 is 16.0 Å². The molecule has 3 rings (SSSR count). The predicted octanol–water partition coefficient (Wildman–Crippen LogP) is 3.60. The number of carbonyl (C=O) groups is 2. The molecule has 0 saturated carbocycles. The lowest BCUT2D eigenvalue weighted by Crippen LogP contribution is -2.13. The number of amides is 2. The van der Waals surface area contributed by atoms with Crippen LogP contribution in [0.5, 0.6) is 0 Å². The summed E-state index contributed by atoms with van der Waals surface area (Å²) in [5, 5.41) is 3.86. The maximum atomic E-state index is 11.7. The number of benzene rings is 2. The molecule has 5 nitrogen and oxygen atoms in total. The molecular weight excluding hydrogens is 326 g/mol. The molecule has 0 aliphatic heterocycles. The van der Waals surface area contributed by atoms with Crippen LogP contribution in [-0.2, 0) is 16.0 Å². The summed E-state index contributed by atoms with van der Waals surface area (Å²) in [7, 11) is 0. The molecule has 1 heterocycles. The lowest BCUT2D eigenvalue weighted by Gasteiger charge is -2.14. The summed E-state index contributed by atoms with van der Waals surface area (Å²) in [5.74, 6) is -0.610. The van der Waals surface area contributed by atoms with Crippen molar-refractivity contribution in [1.82, 2.24) is 4.98 Å². The molecule has 0 saturated heterocycles. The Labute approximate surface area is 151 Å². The Balaban J connectivity index is 2.17. The van der Waals surface area contributed by atoms with Gasteiger partial charge in [-0.05, 0) is 54.3 Å². The van der Waals surface area contributed by atoms with Gasteiger partial charge in [0.2, 0.25) is 11.8 Å². The number of anilines is 1. The minimum Gasteiger partial charge on any atom is -0.369 e. The molecule has 0 unspecified atom stereocenters. The monoisotopic (exact) mass is 347 g/mol. The van der Waals surface area contributed by atoms with Gasteiger partial charge in [0.1, 0.15) is 0 Å². The van der Waals surface area contributed by atoms with Gasteiger partial charge in [-0.15, -0.1) is 0 Å². The highest BCUT2D eigenvalue weighted by molar-refractivity contribution is 6.02. The van der Waals surface area contributed by atoms with Crippen LogP contribution in [0.4, 0.5) is 5.69 Å². The molecule has 3 aromatic rings. The van der Waals surface area contributed by atoms with Crippen molar-refractivity contribution >= 4 is 28.4 Å². The van der Waals surface area contributed by atoms with Crippen LogP contribution >= 0.6 is 0 Å². The smallest absolute Gasteiger partial charge is 0.247 e. The number of aromatic amines is 1. The largest absolute Gasteiger partial charge is 0.369 e. The van der Waals surface area contributed by atoms with E-state index in [9.17, 15) is 9.59 Å². The summed E-state index contributed by atoms with van der Waals surface area (Å²) in [5.41, 5.74) is 11.9. The highest BCUT2D eigenvalue weighted by Gasteiger charge is 2.14. The van der Waals surface area contributed by atoms with E-state index in [1.54, 1.807) is 0 Å². The number of H-pyrrole nitrogens is 1. The van der Waals surface area contributed by atoms with Gasteiger partial charge in [0, 0.05) is 22.3 Å². The van der Waals surface area contributed by atoms with E-state index >= 15 is 0 Å². The van der Waals surface area contributed by atoms with E-state index in [-0.39, 0.29) is 18.2 Å². The average Bonchev–Trinajstić information content (AvgIpc) is 2.99. The molecule has 132 valence electrons. The first-order valence-electron chi connectivity index (χ1n) is 8.33. The van der Waals surface area contributed by atoms with Crippen LogP contribution in [0.2, 0.25) is 0 Å². The Morgan fingerprint density at radius 1 is 1.19 bits per heavy atom. The number of hydrogen-bond donors (Lipinski definition) is 3. The molecule has 4 N–H and O–H groups in total. The summed E-state index contributed by atoms with van der Waals surface area (Å²) >= 11 is 0. The molecule has 2 aromatic carbocycles. The van der Waals surface area contributed by atoms with Gasteiger partial charge in [0.05, 0.1) is 6.42 Å². The summed E-state index contributed by atoms with van der Waals surface area (Å²) in [6.07, 6.45) is 1.43. The van der Waals surface area contributed by atoms with E-state index in [2.05, 4.69) is 22.9 Å². The lowest BCUT2D eigenvalue weighted by atomic mass is 9.94. The minimum absolute atomic E-state index is 0.186. The van der Waals surface area contributed by atoms with Gasteiger partial charge in [-0.2, -0.15) is 0 Å². The van der Waals surface area contributed by atoms with Crippen LogP contribution in [0, 0.1) is 13.8 Å². The topological polar surface area (TPSA) is 88.0 Å². The molecule has 1 aromatic heterocycles. The van der Waals surface area contributed by atoms with Crippen LogP contribution in [-0.4, -0.2) is 16.8 Å². The van der Waals surface area contributed by atoms with Gasteiger partial charge in [-0.25, -0.2) is 0 Å². The predicted molar refractivity (Wildman–Crippen MR) is 105 cm³/mol. The molecule has 5 heteroatoms. The Morgan fingerprint density at radius 3 is 2.65 bits per heavy atom. The first-order chi connectivity index (χ1) is 12.4. The maximum absolute atomic E-state index is 11.7. The second-order valence-corrected chi connectivity index (χ2v) is 6.33. The van der Waals surface area contributed by atoms with Gasteiger partial charge in [0.25, 0.3) is 0 Å². The molecule has 2 amide bonds. The zero-order valence-electron chi connectivity index (χ0n) is 14.8. The highest BCUT2D eigenvalue weighted by atomic mass is 16.1. The Morgan fingerprint density at radius 2 is 1.96 bits per heavy atom. The van der Waals surface area contributed by atoms with Crippen LogP contribution in [0.25, 0.3) is 22.0 Å². The highest BCUT2D eigenvalue weighted by Crippen LogP contribution is 2.35. The molecule has 0 aliphatic rings. The summed E-state index contributed by atoms with van der Waals surface area (Å²) in [6, 6.07) is 11.8.